The van der Waals surface area contributed by atoms with Gasteiger partial charge in [0.25, 0.3) is 0 Å². The summed E-state index contributed by atoms with van der Waals surface area (Å²) >= 11 is 3.55. The molecule has 21 heavy (non-hydrogen) atoms. The third-order valence-electron chi connectivity index (χ3n) is 3.80. The van der Waals surface area contributed by atoms with E-state index in [9.17, 15) is 4.79 Å². The second kappa shape index (κ2) is 7.92. The van der Waals surface area contributed by atoms with Gasteiger partial charge in [-0.1, -0.05) is 28.9 Å². The fourth-order valence-electron chi connectivity index (χ4n) is 2.54. The van der Waals surface area contributed by atoms with Crippen LogP contribution in [-0.4, -0.2) is 43.8 Å². The molecule has 0 radical (unpaired) electrons. The number of likely N-dealkylation sites (N-methyl/N-ethyl adjacent to an activating group) is 1. The maximum Gasteiger partial charge on any atom is 0.337 e. The van der Waals surface area contributed by atoms with Gasteiger partial charge in [-0.2, -0.15) is 0 Å². The zero-order valence-corrected chi connectivity index (χ0v) is 14.2. The van der Waals surface area contributed by atoms with E-state index >= 15 is 0 Å². The summed E-state index contributed by atoms with van der Waals surface area (Å²) in [5, 5.41) is 0. The number of hydrogen-bond donors (Lipinski definition) is 0. The van der Waals surface area contributed by atoms with Crippen molar-refractivity contribution in [3.05, 3.63) is 33.8 Å². The first-order valence-corrected chi connectivity index (χ1v) is 8.14. The number of carbonyl (C=O) groups is 1. The van der Waals surface area contributed by atoms with Gasteiger partial charge in [-0.15, -0.1) is 0 Å². The molecule has 0 amide bonds. The molecule has 1 atom stereocenters. The molecule has 1 saturated heterocycles. The summed E-state index contributed by atoms with van der Waals surface area (Å²) in [6.45, 7) is 5.83. The molecule has 2 rings (SSSR count). The first kappa shape index (κ1) is 16.5. The molecule has 1 fully saturated rings. The molecule has 1 unspecified atom stereocenters. The molecule has 1 aromatic carbocycles. The van der Waals surface area contributed by atoms with Crippen molar-refractivity contribution < 1.29 is 14.3 Å². The van der Waals surface area contributed by atoms with Crippen LogP contribution in [0.5, 0.6) is 0 Å². The molecule has 4 nitrogen and oxygen atoms in total. The van der Waals surface area contributed by atoms with Crippen molar-refractivity contribution in [2.75, 3.05) is 26.8 Å². The van der Waals surface area contributed by atoms with Gasteiger partial charge in [-0.05, 0) is 37.1 Å². The van der Waals surface area contributed by atoms with E-state index in [-0.39, 0.29) is 5.97 Å². The van der Waals surface area contributed by atoms with Crippen LogP contribution in [0.15, 0.2) is 22.7 Å². The van der Waals surface area contributed by atoms with Gasteiger partial charge >= 0.3 is 5.97 Å². The van der Waals surface area contributed by atoms with Crippen LogP contribution in [0.1, 0.15) is 35.7 Å². The summed E-state index contributed by atoms with van der Waals surface area (Å²) in [6, 6.07) is 5.61. The molecule has 0 spiro atoms. The van der Waals surface area contributed by atoms with Crippen molar-refractivity contribution >= 4 is 21.9 Å². The van der Waals surface area contributed by atoms with Crippen LogP contribution in [0.4, 0.5) is 0 Å². The number of rotatable bonds is 6. The van der Waals surface area contributed by atoms with E-state index in [1.807, 2.05) is 18.2 Å². The highest BCUT2D eigenvalue weighted by atomic mass is 79.9. The van der Waals surface area contributed by atoms with E-state index in [1.54, 1.807) is 0 Å². The summed E-state index contributed by atoms with van der Waals surface area (Å²) < 4.78 is 11.4. The number of benzene rings is 1. The monoisotopic (exact) mass is 355 g/mol. The second-order valence-electron chi connectivity index (χ2n) is 5.26. The summed E-state index contributed by atoms with van der Waals surface area (Å²) in [4.78, 5) is 13.9. The zero-order valence-electron chi connectivity index (χ0n) is 12.6. The van der Waals surface area contributed by atoms with Crippen LogP contribution >= 0.6 is 15.9 Å². The van der Waals surface area contributed by atoms with Gasteiger partial charge < -0.3 is 9.47 Å². The molecular formula is C16H22BrNO3. The molecule has 0 aromatic heterocycles. The Morgan fingerprint density at radius 3 is 2.90 bits per heavy atom. The number of halogens is 1. The second-order valence-corrected chi connectivity index (χ2v) is 6.11. The first-order chi connectivity index (χ1) is 10.1. The van der Waals surface area contributed by atoms with E-state index in [2.05, 4.69) is 27.8 Å². The minimum atomic E-state index is -0.311. The minimum Gasteiger partial charge on any atom is -0.465 e. The van der Waals surface area contributed by atoms with Crippen LogP contribution in [0, 0.1) is 0 Å². The minimum absolute atomic E-state index is 0.311. The van der Waals surface area contributed by atoms with Gasteiger partial charge in [0, 0.05) is 24.2 Å². The third-order valence-corrected chi connectivity index (χ3v) is 4.54. The molecule has 0 aliphatic carbocycles. The summed E-state index contributed by atoms with van der Waals surface area (Å²) in [6.07, 6.45) is 2.68. The van der Waals surface area contributed by atoms with Crippen LogP contribution < -0.4 is 0 Å². The van der Waals surface area contributed by atoms with Gasteiger partial charge in [-0.25, -0.2) is 4.79 Å². The average Bonchev–Trinajstić information content (AvgIpc) is 3.00. The van der Waals surface area contributed by atoms with Crippen LogP contribution in [0.25, 0.3) is 0 Å². The Labute approximate surface area is 134 Å². The molecule has 0 saturated carbocycles. The highest BCUT2D eigenvalue weighted by Crippen LogP contribution is 2.22. The lowest BCUT2D eigenvalue weighted by Crippen LogP contribution is -2.31. The number of carbonyl (C=O) groups excluding carboxylic acids is 1. The Hall–Kier alpha value is -0.910. The van der Waals surface area contributed by atoms with Crippen molar-refractivity contribution in [3.63, 3.8) is 0 Å². The normalized spacial score (nSPS) is 18.2. The predicted octanol–water partition coefficient (Wildman–Crippen LogP) is 3.24. The SMILES string of the molecule is CCN(Cc1ccc(C(=O)OC)cc1Br)CC1CCCO1. The number of ether oxygens (including phenoxy) is 2. The lowest BCUT2D eigenvalue weighted by molar-refractivity contribution is 0.0600. The fourth-order valence-corrected chi connectivity index (χ4v) is 3.05. The van der Waals surface area contributed by atoms with Crippen molar-refractivity contribution in [3.8, 4) is 0 Å². The largest absolute Gasteiger partial charge is 0.465 e. The summed E-state index contributed by atoms with van der Waals surface area (Å²) in [5.41, 5.74) is 1.73. The fraction of sp³-hybridized carbons (Fsp3) is 0.562. The summed E-state index contributed by atoms with van der Waals surface area (Å²) in [5.74, 6) is -0.311. The maximum atomic E-state index is 11.5. The highest BCUT2D eigenvalue weighted by Gasteiger charge is 2.19. The van der Waals surface area contributed by atoms with Gasteiger partial charge in [0.05, 0.1) is 18.8 Å². The molecule has 1 aromatic rings. The molecule has 1 heterocycles. The number of esters is 1. The van der Waals surface area contributed by atoms with Crippen LogP contribution in [0.3, 0.4) is 0 Å². The molecule has 1 aliphatic rings. The highest BCUT2D eigenvalue weighted by molar-refractivity contribution is 9.10. The van der Waals surface area contributed by atoms with E-state index in [0.29, 0.717) is 11.7 Å². The van der Waals surface area contributed by atoms with Crippen molar-refractivity contribution in [2.24, 2.45) is 0 Å². The molecule has 5 heteroatoms. The first-order valence-electron chi connectivity index (χ1n) is 7.34. The lowest BCUT2D eigenvalue weighted by Gasteiger charge is -2.24. The smallest absolute Gasteiger partial charge is 0.337 e. The number of hydrogen-bond acceptors (Lipinski definition) is 4. The van der Waals surface area contributed by atoms with E-state index in [1.165, 1.54) is 19.1 Å². The average molecular weight is 356 g/mol. The Balaban J connectivity index is 2.01. The molecule has 1 aliphatic heterocycles. The van der Waals surface area contributed by atoms with E-state index in [4.69, 9.17) is 9.47 Å². The maximum absolute atomic E-state index is 11.5. The van der Waals surface area contributed by atoms with Crippen molar-refractivity contribution in [2.45, 2.75) is 32.4 Å². The van der Waals surface area contributed by atoms with Crippen molar-refractivity contribution in [1.29, 1.82) is 0 Å². The lowest BCUT2D eigenvalue weighted by atomic mass is 10.1. The molecular weight excluding hydrogens is 334 g/mol. The Bertz CT molecular complexity index is 486. The van der Waals surface area contributed by atoms with E-state index in [0.717, 1.165) is 37.1 Å². The standard InChI is InChI=1S/C16H22BrNO3/c1-3-18(11-14-5-4-8-21-14)10-13-7-6-12(9-15(13)17)16(19)20-2/h6-7,9,14H,3-5,8,10-11H2,1-2H3. The predicted molar refractivity (Wildman–Crippen MR) is 85.4 cm³/mol. The van der Waals surface area contributed by atoms with Gasteiger partial charge in [0.2, 0.25) is 0 Å². The Morgan fingerprint density at radius 1 is 1.52 bits per heavy atom. The quantitative estimate of drug-likeness (QED) is 0.734. The van der Waals surface area contributed by atoms with Crippen molar-refractivity contribution in [1.82, 2.24) is 4.90 Å². The molecule has 0 bridgehead atoms. The van der Waals surface area contributed by atoms with Crippen LogP contribution in [-0.2, 0) is 16.0 Å². The summed E-state index contributed by atoms with van der Waals surface area (Å²) in [7, 11) is 1.39. The number of nitrogens with zero attached hydrogens (tertiary/aromatic N) is 1. The Kier molecular flexibility index (Phi) is 6.21. The third kappa shape index (κ3) is 4.53. The topological polar surface area (TPSA) is 38.8 Å². The Morgan fingerprint density at radius 2 is 2.33 bits per heavy atom. The van der Waals surface area contributed by atoms with Gasteiger partial charge in [-0.3, -0.25) is 4.90 Å². The zero-order chi connectivity index (χ0) is 15.2. The molecule has 116 valence electrons. The van der Waals surface area contributed by atoms with Gasteiger partial charge in [0.15, 0.2) is 0 Å². The van der Waals surface area contributed by atoms with Crippen LogP contribution in [0.2, 0.25) is 0 Å². The number of methoxy groups -OCH3 is 1. The van der Waals surface area contributed by atoms with Gasteiger partial charge in [0.1, 0.15) is 0 Å². The molecule has 0 N–H and O–H groups in total. The van der Waals surface area contributed by atoms with E-state index < -0.39 is 0 Å².